The lowest BCUT2D eigenvalue weighted by molar-refractivity contribution is -0.276. The summed E-state index contributed by atoms with van der Waals surface area (Å²) in [4.78, 5) is 16.5. The van der Waals surface area contributed by atoms with Gasteiger partial charge in [0, 0.05) is 30.4 Å². The highest BCUT2D eigenvalue weighted by molar-refractivity contribution is 6.02. The molecule has 1 unspecified atom stereocenters. The standard InChI is InChI=1S/C24H21F9N2O2/c1-12(2)20(36)10-18(34)13-3-5-14(6-4-13)19-11-21(37-35-19,24(31,32)33)15-7-16(22(25,26)27)9-17(8-15)23(28,29)30/h3-9,12,18H,10-11,34H2,1-2H3/t18-,21?/m0/s1. The molecular weight excluding hydrogens is 519 g/mol. The summed E-state index contributed by atoms with van der Waals surface area (Å²) in [5.41, 5.74) is -2.55. The van der Waals surface area contributed by atoms with E-state index in [0.717, 1.165) is 0 Å². The van der Waals surface area contributed by atoms with Crippen LogP contribution in [-0.2, 0) is 27.6 Å². The monoisotopic (exact) mass is 540 g/mol. The Morgan fingerprint density at radius 2 is 1.46 bits per heavy atom. The van der Waals surface area contributed by atoms with Crippen molar-refractivity contribution in [2.24, 2.45) is 16.8 Å². The van der Waals surface area contributed by atoms with Gasteiger partial charge in [-0.15, -0.1) is 0 Å². The normalized spacial score (nSPS) is 19.5. The Hall–Kier alpha value is -3.09. The minimum absolute atomic E-state index is 0.0188. The molecule has 0 saturated carbocycles. The van der Waals surface area contributed by atoms with E-state index in [-0.39, 0.29) is 47.6 Å². The van der Waals surface area contributed by atoms with Crippen LogP contribution < -0.4 is 5.73 Å². The topological polar surface area (TPSA) is 64.7 Å². The van der Waals surface area contributed by atoms with Crippen molar-refractivity contribution in [3.63, 3.8) is 0 Å². The van der Waals surface area contributed by atoms with Gasteiger partial charge in [0.25, 0.3) is 5.60 Å². The molecule has 0 aromatic heterocycles. The van der Waals surface area contributed by atoms with E-state index in [1.807, 2.05) is 0 Å². The summed E-state index contributed by atoms with van der Waals surface area (Å²) < 4.78 is 122. The molecule has 0 fully saturated rings. The van der Waals surface area contributed by atoms with Gasteiger partial charge in [0.15, 0.2) is 0 Å². The number of oxime groups is 1. The molecule has 0 aliphatic carbocycles. The van der Waals surface area contributed by atoms with Crippen molar-refractivity contribution in [1.82, 2.24) is 0 Å². The molecule has 1 aliphatic heterocycles. The second-order valence-electron chi connectivity index (χ2n) is 8.98. The number of Topliss-reactive ketones (excluding diaryl/α,β-unsaturated/α-hetero) is 1. The van der Waals surface area contributed by atoms with Gasteiger partial charge in [-0.3, -0.25) is 4.79 Å². The molecule has 2 aromatic carbocycles. The SMILES string of the molecule is CC(C)C(=O)C[C@H](N)c1ccc(C2=NOC(c3cc(C(F)(F)F)cc(C(F)(F)F)c3)(C(F)(F)F)C2)cc1. The number of halogens is 9. The summed E-state index contributed by atoms with van der Waals surface area (Å²) in [6, 6.07) is 4.55. The van der Waals surface area contributed by atoms with Gasteiger partial charge in [-0.1, -0.05) is 43.3 Å². The fraction of sp³-hybridized carbons (Fsp3) is 0.417. The minimum Gasteiger partial charge on any atom is -0.374 e. The molecule has 13 heteroatoms. The first-order chi connectivity index (χ1) is 16.8. The number of ketones is 1. The highest BCUT2D eigenvalue weighted by atomic mass is 19.4. The highest BCUT2D eigenvalue weighted by Crippen LogP contribution is 2.50. The lowest BCUT2D eigenvalue weighted by Crippen LogP contribution is -2.43. The maximum absolute atomic E-state index is 14.2. The predicted octanol–water partition coefficient (Wildman–Crippen LogP) is 6.92. The summed E-state index contributed by atoms with van der Waals surface area (Å²) in [6.45, 7) is 3.40. The molecule has 3 rings (SSSR count). The zero-order valence-corrected chi connectivity index (χ0v) is 19.4. The number of carbonyl (C=O) groups is 1. The largest absolute Gasteiger partial charge is 0.435 e. The Labute approximate surface area is 205 Å². The smallest absolute Gasteiger partial charge is 0.374 e. The molecule has 2 aromatic rings. The average molecular weight is 540 g/mol. The highest BCUT2D eigenvalue weighted by Gasteiger charge is 2.63. The minimum atomic E-state index is -5.43. The van der Waals surface area contributed by atoms with E-state index >= 15 is 0 Å². The van der Waals surface area contributed by atoms with Crippen LogP contribution in [-0.4, -0.2) is 17.7 Å². The Balaban J connectivity index is 1.98. The molecule has 0 saturated heterocycles. The second kappa shape index (κ2) is 9.66. The third-order valence-corrected chi connectivity index (χ3v) is 5.98. The molecule has 37 heavy (non-hydrogen) atoms. The van der Waals surface area contributed by atoms with Gasteiger partial charge in [0.1, 0.15) is 5.78 Å². The van der Waals surface area contributed by atoms with Crippen molar-refractivity contribution < 1.29 is 49.1 Å². The lowest BCUT2D eigenvalue weighted by atomic mass is 9.84. The fourth-order valence-electron chi connectivity index (χ4n) is 3.74. The van der Waals surface area contributed by atoms with Crippen LogP contribution in [0.4, 0.5) is 39.5 Å². The fourth-order valence-corrected chi connectivity index (χ4v) is 3.74. The number of hydrogen-bond acceptors (Lipinski definition) is 4. The van der Waals surface area contributed by atoms with E-state index in [2.05, 4.69) is 9.99 Å². The van der Waals surface area contributed by atoms with Crippen molar-refractivity contribution in [2.45, 2.75) is 56.9 Å². The van der Waals surface area contributed by atoms with Gasteiger partial charge in [0.2, 0.25) is 0 Å². The third-order valence-electron chi connectivity index (χ3n) is 5.98. The Morgan fingerprint density at radius 3 is 1.89 bits per heavy atom. The number of carbonyl (C=O) groups excluding carboxylic acids is 1. The summed E-state index contributed by atoms with van der Waals surface area (Å²) in [5, 5.41) is 3.38. The van der Waals surface area contributed by atoms with Crippen molar-refractivity contribution in [3.8, 4) is 0 Å². The van der Waals surface area contributed by atoms with Gasteiger partial charge >= 0.3 is 18.5 Å². The lowest BCUT2D eigenvalue weighted by Gasteiger charge is -2.30. The average Bonchev–Trinajstić information content (AvgIpc) is 3.24. The van der Waals surface area contributed by atoms with Crippen LogP contribution in [0, 0.1) is 5.92 Å². The van der Waals surface area contributed by atoms with Crippen LogP contribution >= 0.6 is 0 Å². The molecule has 0 spiro atoms. The Bertz CT molecular complexity index is 1150. The molecule has 0 amide bonds. The molecule has 2 atom stereocenters. The van der Waals surface area contributed by atoms with Gasteiger partial charge in [-0.2, -0.15) is 39.5 Å². The zero-order chi connectivity index (χ0) is 28.0. The predicted molar refractivity (Wildman–Crippen MR) is 114 cm³/mol. The number of hydrogen-bond donors (Lipinski definition) is 1. The van der Waals surface area contributed by atoms with Crippen LogP contribution in [0.25, 0.3) is 0 Å². The summed E-state index contributed by atoms with van der Waals surface area (Å²) in [5.74, 6) is -0.348. The summed E-state index contributed by atoms with van der Waals surface area (Å²) in [6.07, 6.45) is -17.3. The van der Waals surface area contributed by atoms with Crippen LogP contribution in [0.2, 0.25) is 0 Å². The van der Waals surface area contributed by atoms with Crippen molar-refractivity contribution in [1.29, 1.82) is 0 Å². The first kappa shape index (κ1) is 28.5. The number of rotatable bonds is 6. The van der Waals surface area contributed by atoms with Crippen LogP contribution in [0.15, 0.2) is 47.6 Å². The molecule has 0 bridgehead atoms. The molecule has 202 valence electrons. The van der Waals surface area contributed by atoms with E-state index in [0.29, 0.717) is 5.56 Å². The zero-order valence-electron chi connectivity index (χ0n) is 19.4. The molecule has 0 radical (unpaired) electrons. The maximum Gasteiger partial charge on any atom is 0.435 e. The Kier molecular flexibility index (Phi) is 7.43. The molecule has 2 N–H and O–H groups in total. The first-order valence-corrected chi connectivity index (χ1v) is 10.9. The van der Waals surface area contributed by atoms with Crippen molar-refractivity contribution >= 4 is 11.5 Å². The molecule has 1 aliphatic rings. The van der Waals surface area contributed by atoms with Gasteiger partial charge in [-0.25, -0.2) is 0 Å². The van der Waals surface area contributed by atoms with E-state index in [1.54, 1.807) is 13.8 Å². The van der Waals surface area contributed by atoms with E-state index in [4.69, 9.17) is 5.73 Å². The Morgan fingerprint density at radius 1 is 0.946 bits per heavy atom. The summed E-state index contributed by atoms with van der Waals surface area (Å²) >= 11 is 0. The van der Waals surface area contributed by atoms with Crippen molar-refractivity contribution in [3.05, 3.63) is 70.3 Å². The van der Waals surface area contributed by atoms with Crippen LogP contribution in [0.1, 0.15) is 60.5 Å². The second-order valence-corrected chi connectivity index (χ2v) is 8.98. The number of nitrogens with zero attached hydrogens (tertiary/aromatic N) is 1. The quantitative estimate of drug-likeness (QED) is 0.405. The molecular formula is C24H21F9N2O2. The van der Waals surface area contributed by atoms with Crippen molar-refractivity contribution in [2.75, 3.05) is 0 Å². The van der Waals surface area contributed by atoms with Gasteiger partial charge in [0.05, 0.1) is 16.8 Å². The number of nitrogens with two attached hydrogens (primary N) is 1. The number of benzene rings is 2. The first-order valence-electron chi connectivity index (χ1n) is 10.9. The number of alkyl halides is 9. The van der Waals surface area contributed by atoms with Crippen LogP contribution in [0.5, 0.6) is 0 Å². The summed E-state index contributed by atoms with van der Waals surface area (Å²) in [7, 11) is 0. The maximum atomic E-state index is 14.2. The van der Waals surface area contributed by atoms with Crippen LogP contribution in [0.3, 0.4) is 0 Å². The van der Waals surface area contributed by atoms with Gasteiger partial charge in [-0.05, 0) is 29.3 Å². The molecule has 4 nitrogen and oxygen atoms in total. The van der Waals surface area contributed by atoms with E-state index in [1.165, 1.54) is 24.3 Å². The third kappa shape index (κ3) is 5.91. The van der Waals surface area contributed by atoms with E-state index < -0.39 is 53.3 Å². The molecule has 1 heterocycles. The van der Waals surface area contributed by atoms with Gasteiger partial charge < -0.3 is 10.6 Å². The van der Waals surface area contributed by atoms with E-state index in [9.17, 15) is 44.3 Å².